The van der Waals surface area contributed by atoms with Crippen molar-refractivity contribution in [2.75, 3.05) is 11.9 Å². The molecule has 0 heterocycles. The zero-order valence-corrected chi connectivity index (χ0v) is 12.2. The highest BCUT2D eigenvalue weighted by molar-refractivity contribution is 5.46. The summed E-state index contributed by atoms with van der Waals surface area (Å²) in [5.41, 5.74) is 1.21. The summed E-state index contributed by atoms with van der Waals surface area (Å²) < 4.78 is 5.99. The van der Waals surface area contributed by atoms with E-state index in [1.165, 1.54) is 50.6 Å². The molecule has 0 saturated heterocycles. The van der Waals surface area contributed by atoms with Crippen LogP contribution in [0, 0.1) is 5.92 Å². The zero-order chi connectivity index (χ0) is 13.6. The summed E-state index contributed by atoms with van der Waals surface area (Å²) in [5.74, 6) is 1.80. The summed E-state index contributed by atoms with van der Waals surface area (Å²) >= 11 is 0. The van der Waals surface area contributed by atoms with Crippen molar-refractivity contribution in [3.05, 3.63) is 36.4 Å². The summed E-state index contributed by atoms with van der Waals surface area (Å²) in [4.78, 5) is 0. The minimum atomic E-state index is 0.447. The van der Waals surface area contributed by atoms with Gasteiger partial charge in [0.05, 0.1) is 6.10 Å². The highest BCUT2D eigenvalue weighted by atomic mass is 16.5. The van der Waals surface area contributed by atoms with E-state index in [0.29, 0.717) is 6.10 Å². The van der Waals surface area contributed by atoms with Crippen LogP contribution in [0.4, 0.5) is 5.69 Å². The van der Waals surface area contributed by atoms with Crippen molar-refractivity contribution >= 4 is 5.69 Å². The lowest BCUT2D eigenvalue weighted by atomic mass is 9.94. The highest BCUT2D eigenvalue weighted by Gasteiger charge is 2.16. The van der Waals surface area contributed by atoms with Crippen LogP contribution in [0.1, 0.15) is 44.9 Å². The van der Waals surface area contributed by atoms with Crippen LogP contribution in [-0.2, 0) is 0 Å². The Morgan fingerprint density at radius 2 is 1.80 bits per heavy atom. The molecule has 108 valence electrons. The molecule has 3 rings (SSSR count). The molecule has 1 unspecified atom stereocenters. The summed E-state index contributed by atoms with van der Waals surface area (Å²) in [5, 5.41) is 3.55. The molecule has 2 aliphatic rings. The second-order valence-electron chi connectivity index (χ2n) is 6.08. The molecule has 0 spiro atoms. The van der Waals surface area contributed by atoms with E-state index in [4.69, 9.17) is 4.74 Å². The topological polar surface area (TPSA) is 21.3 Å². The lowest BCUT2D eigenvalue weighted by Crippen LogP contribution is -2.15. The van der Waals surface area contributed by atoms with Gasteiger partial charge in [-0.15, -0.1) is 0 Å². The van der Waals surface area contributed by atoms with E-state index >= 15 is 0 Å². The Kier molecular flexibility index (Phi) is 4.62. The standard InChI is InChI=1S/C18H25NO/c1-2-6-15(7-3-1)14-19-16-10-12-18(13-11-16)20-17-8-4-5-9-17/h1-2,10-13,15,17,19H,3-9,14H2. The molecule has 0 aliphatic heterocycles. The molecule has 1 saturated carbocycles. The number of hydrogen-bond acceptors (Lipinski definition) is 2. The minimum absolute atomic E-state index is 0.447. The Morgan fingerprint density at radius 3 is 2.50 bits per heavy atom. The number of rotatable bonds is 5. The number of nitrogens with one attached hydrogen (secondary N) is 1. The number of benzene rings is 1. The van der Waals surface area contributed by atoms with Gasteiger partial charge in [-0.2, -0.15) is 0 Å². The van der Waals surface area contributed by atoms with E-state index in [1.54, 1.807) is 0 Å². The fourth-order valence-electron chi connectivity index (χ4n) is 3.15. The monoisotopic (exact) mass is 271 g/mol. The van der Waals surface area contributed by atoms with Crippen LogP contribution in [0.3, 0.4) is 0 Å². The molecule has 1 aromatic carbocycles. The van der Waals surface area contributed by atoms with Crippen LogP contribution >= 0.6 is 0 Å². The third-order valence-corrected chi connectivity index (χ3v) is 4.43. The SMILES string of the molecule is C1=CCC(CNc2ccc(OC3CCCC3)cc2)CC1. The molecule has 0 bridgehead atoms. The van der Waals surface area contributed by atoms with Gasteiger partial charge in [0.15, 0.2) is 0 Å². The summed E-state index contributed by atoms with van der Waals surface area (Å²) in [6.45, 7) is 1.08. The van der Waals surface area contributed by atoms with Gasteiger partial charge < -0.3 is 10.1 Å². The predicted molar refractivity (Wildman–Crippen MR) is 84.3 cm³/mol. The molecule has 0 radical (unpaired) electrons. The number of ether oxygens (including phenoxy) is 1. The van der Waals surface area contributed by atoms with Crippen molar-refractivity contribution < 1.29 is 4.74 Å². The third-order valence-electron chi connectivity index (χ3n) is 4.43. The number of allylic oxidation sites excluding steroid dienone is 2. The molecule has 1 aromatic rings. The fraction of sp³-hybridized carbons (Fsp3) is 0.556. The van der Waals surface area contributed by atoms with E-state index < -0.39 is 0 Å². The van der Waals surface area contributed by atoms with Crippen LogP contribution < -0.4 is 10.1 Å². The second kappa shape index (κ2) is 6.83. The van der Waals surface area contributed by atoms with E-state index in [1.807, 2.05) is 0 Å². The molecule has 20 heavy (non-hydrogen) atoms. The summed E-state index contributed by atoms with van der Waals surface area (Å²) in [7, 11) is 0. The summed E-state index contributed by atoms with van der Waals surface area (Å²) in [6, 6.07) is 8.48. The van der Waals surface area contributed by atoms with Gasteiger partial charge in [-0.3, -0.25) is 0 Å². The van der Waals surface area contributed by atoms with Crippen LogP contribution in [-0.4, -0.2) is 12.6 Å². The van der Waals surface area contributed by atoms with Gasteiger partial charge in [-0.25, -0.2) is 0 Å². The van der Waals surface area contributed by atoms with E-state index in [-0.39, 0.29) is 0 Å². The number of anilines is 1. The zero-order valence-electron chi connectivity index (χ0n) is 12.2. The van der Waals surface area contributed by atoms with E-state index in [2.05, 4.69) is 41.7 Å². The van der Waals surface area contributed by atoms with Gasteiger partial charge in [0.1, 0.15) is 5.75 Å². The maximum atomic E-state index is 5.99. The Morgan fingerprint density at radius 1 is 1.00 bits per heavy atom. The fourth-order valence-corrected chi connectivity index (χ4v) is 3.15. The van der Waals surface area contributed by atoms with Crippen LogP contribution in [0.25, 0.3) is 0 Å². The molecule has 0 amide bonds. The second-order valence-corrected chi connectivity index (χ2v) is 6.08. The molecule has 1 atom stereocenters. The highest BCUT2D eigenvalue weighted by Crippen LogP contribution is 2.25. The normalized spacial score (nSPS) is 22.9. The van der Waals surface area contributed by atoms with Crippen molar-refractivity contribution in [3.63, 3.8) is 0 Å². The van der Waals surface area contributed by atoms with Gasteiger partial charge in [0.25, 0.3) is 0 Å². The number of hydrogen-bond donors (Lipinski definition) is 1. The van der Waals surface area contributed by atoms with Crippen LogP contribution in [0.15, 0.2) is 36.4 Å². The largest absolute Gasteiger partial charge is 0.490 e. The summed E-state index contributed by atoms with van der Waals surface area (Å²) in [6.07, 6.45) is 13.9. The third kappa shape index (κ3) is 3.78. The van der Waals surface area contributed by atoms with Crippen molar-refractivity contribution in [1.29, 1.82) is 0 Å². The maximum absolute atomic E-state index is 5.99. The first-order valence-electron chi connectivity index (χ1n) is 8.06. The van der Waals surface area contributed by atoms with Crippen molar-refractivity contribution in [2.45, 2.75) is 51.0 Å². The molecule has 2 nitrogen and oxygen atoms in total. The van der Waals surface area contributed by atoms with Gasteiger partial charge >= 0.3 is 0 Å². The Bertz CT molecular complexity index is 431. The molecular formula is C18H25NO. The van der Waals surface area contributed by atoms with Gasteiger partial charge in [-0.05, 0) is 75.1 Å². The molecular weight excluding hydrogens is 246 g/mol. The predicted octanol–water partition coefficient (Wildman–Crippen LogP) is 4.78. The minimum Gasteiger partial charge on any atom is -0.490 e. The van der Waals surface area contributed by atoms with Crippen LogP contribution in [0.2, 0.25) is 0 Å². The van der Waals surface area contributed by atoms with E-state index in [9.17, 15) is 0 Å². The quantitative estimate of drug-likeness (QED) is 0.778. The first-order valence-corrected chi connectivity index (χ1v) is 8.06. The maximum Gasteiger partial charge on any atom is 0.119 e. The molecule has 1 fully saturated rings. The van der Waals surface area contributed by atoms with Crippen molar-refractivity contribution in [2.24, 2.45) is 5.92 Å². The molecule has 0 aromatic heterocycles. The van der Waals surface area contributed by atoms with Crippen LogP contribution in [0.5, 0.6) is 5.75 Å². The van der Waals surface area contributed by atoms with Crippen molar-refractivity contribution in [3.8, 4) is 5.75 Å². The average Bonchev–Trinajstić information content (AvgIpc) is 3.01. The molecule has 2 heteroatoms. The van der Waals surface area contributed by atoms with Gasteiger partial charge in [0.2, 0.25) is 0 Å². The smallest absolute Gasteiger partial charge is 0.119 e. The van der Waals surface area contributed by atoms with E-state index in [0.717, 1.165) is 18.2 Å². The Hall–Kier alpha value is -1.44. The Labute approximate surface area is 122 Å². The molecule has 1 N–H and O–H groups in total. The average molecular weight is 271 g/mol. The van der Waals surface area contributed by atoms with Crippen molar-refractivity contribution in [1.82, 2.24) is 0 Å². The van der Waals surface area contributed by atoms with Gasteiger partial charge in [0, 0.05) is 12.2 Å². The Balaban J connectivity index is 1.46. The lowest BCUT2D eigenvalue weighted by molar-refractivity contribution is 0.210. The molecule has 2 aliphatic carbocycles. The first-order chi connectivity index (χ1) is 9.90. The lowest BCUT2D eigenvalue weighted by Gasteiger charge is -2.19. The van der Waals surface area contributed by atoms with Gasteiger partial charge in [-0.1, -0.05) is 12.2 Å². The first kappa shape index (κ1) is 13.5.